The standard InChI is InChI=1S/C24H29N3O2/c1-24-11-12-26(2)20(15-17-9-10-18(23(25)29)14-19(17)24)22(24)27(3)21(28)13-16-7-5-4-6-8-16/h4-10,14,20,22H,11-13,15H2,1-3H3,(H2,25,29)/t20-,22+,24+/m1/s1. The summed E-state index contributed by atoms with van der Waals surface area (Å²) in [6.45, 7) is 3.21. The van der Waals surface area contributed by atoms with Gasteiger partial charge in [0, 0.05) is 24.1 Å². The van der Waals surface area contributed by atoms with Crippen LogP contribution in [0.25, 0.3) is 0 Å². The lowest BCUT2D eigenvalue weighted by Gasteiger charge is -2.57. The maximum absolute atomic E-state index is 13.2. The minimum absolute atomic E-state index is 0.0492. The molecule has 0 unspecified atom stereocenters. The molecule has 4 rings (SSSR count). The number of likely N-dealkylation sites (tertiary alicyclic amines) is 1. The maximum atomic E-state index is 13.2. The van der Waals surface area contributed by atoms with Crippen LogP contribution in [0.15, 0.2) is 48.5 Å². The van der Waals surface area contributed by atoms with E-state index in [4.69, 9.17) is 5.73 Å². The van der Waals surface area contributed by atoms with Gasteiger partial charge in [-0.2, -0.15) is 0 Å². The van der Waals surface area contributed by atoms with Gasteiger partial charge >= 0.3 is 0 Å². The Morgan fingerprint density at radius 2 is 1.93 bits per heavy atom. The van der Waals surface area contributed by atoms with Crippen molar-refractivity contribution in [2.75, 3.05) is 20.6 Å². The quantitative estimate of drug-likeness (QED) is 0.870. The number of nitrogens with two attached hydrogens (primary N) is 1. The van der Waals surface area contributed by atoms with Crippen molar-refractivity contribution in [3.8, 4) is 0 Å². The Kier molecular flexibility index (Phi) is 4.95. The summed E-state index contributed by atoms with van der Waals surface area (Å²) >= 11 is 0. The highest BCUT2D eigenvalue weighted by molar-refractivity contribution is 5.93. The van der Waals surface area contributed by atoms with Crippen LogP contribution in [0.1, 0.15) is 40.4 Å². The molecule has 1 aliphatic heterocycles. The van der Waals surface area contributed by atoms with E-state index in [1.54, 1.807) is 0 Å². The molecule has 2 aromatic rings. The number of hydrogen-bond acceptors (Lipinski definition) is 3. The average molecular weight is 392 g/mol. The maximum Gasteiger partial charge on any atom is 0.248 e. The van der Waals surface area contributed by atoms with Crippen molar-refractivity contribution in [1.29, 1.82) is 0 Å². The van der Waals surface area contributed by atoms with Crippen LogP contribution >= 0.6 is 0 Å². The van der Waals surface area contributed by atoms with Crippen molar-refractivity contribution in [2.45, 2.75) is 43.7 Å². The molecular formula is C24H29N3O2. The third-order valence-electron chi connectivity index (χ3n) is 7.01. The van der Waals surface area contributed by atoms with Gasteiger partial charge in [-0.15, -0.1) is 0 Å². The summed E-state index contributed by atoms with van der Waals surface area (Å²) in [5.74, 6) is -0.279. The van der Waals surface area contributed by atoms with Gasteiger partial charge in [0.25, 0.3) is 0 Å². The zero-order chi connectivity index (χ0) is 20.8. The van der Waals surface area contributed by atoms with Gasteiger partial charge < -0.3 is 15.5 Å². The van der Waals surface area contributed by atoms with E-state index in [-0.39, 0.29) is 23.4 Å². The molecule has 2 aromatic carbocycles. The second-order valence-corrected chi connectivity index (χ2v) is 8.77. The van der Waals surface area contributed by atoms with E-state index in [9.17, 15) is 9.59 Å². The number of hydrogen-bond donors (Lipinski definition) is 1. The molecule has 3 atom stereocenters. The monoisotopic (exact) mass is 391 g/mol. The molecule has 2 N–H and O–H groups in total. The fourth-order valence-electron chi connectivity index (χ4n) is 5.35. The van der Waals surface area contributed by atoms with E-state index in [1.807, 2.05) is 60.5 Å². The number of likely N-dealkylation sites (N-methyl/N-ethyl adjacent to an activating group) is 2. The number of nitrogens with zero attached hydrogens (tertiary/aromatic N) is 2. The lowest BCUT2D eigenvalue weighted by atomic mass is 9.61. The molecule has 0 saturated carbocycles. The molecule has 1 fully saturated rings. The summed E-state index contributed by atoms with van der Waals surface area (Å²) in [6, 6.07) is 16.0. The molecule has 1 heterocycles. The number of amides is 2. The molecule has 1 saturated heterocycles. The first-order valence-corrected chi connectivity index (χ1v) is 10.2. The van der Waals surface area contributed by atoms with Crippen LogP contribution in [0.2, 0.25) is 0 Å². The normalized spacial score (nSPS) is 25.9. The Labute approximate surface area is 172 Å². The van der Waals surface area contributed by atoms with E-state index in [0.29, 0.717) is 12.0 Å². The smallest absolute Gasteiger partial charge is 0.248 e. The summed E-state index contributed by atoms with van der Waals surface area (Å²) in [5, 5.41) is 0. The SMILES string of the molecule is CN1CC[C@@]2(C)c3cc(C(N)=O)ccc3C[C@@H]1[C@@H]2N(C)C(=O)Cc1ccccc1. The van der Waals surface area contributed by atoms with E-state index in [1.165, 1.54) is 11.1 Å². The number of fused-ring (bicyclic) bond motifs is 4. The van der Waals surface area contributed by atoms with Crippen molar-refractivity contribution in [3.63, 3.8) is 0 Å². The highest BCUT2D eigenvalue weighted by atomic mass is 16.2. The van der Waals surface area contributed by atoms with Crippen LogP contribution in [0.5, 0.6) is 0 Å². The third-order valence-corrected chi connectivity index (χ3v) is 7.01. The predicted molar refractivity (Wildman–Crippen MR) is 114 cm³/mol. The molecule has 1 aliphatic carbocycles. The van der Waals surface area contributed by atoms with Crippen LogP contribution in [-0.2, 0) is 23.1 Å². The van der Waals surface area contributed by atoms with Crippen molar-refractivity contribution >= 4 is 11.8 Å². The first-order chi connectivity index (χ1) is 13.8. The Bertz CT molecular complexity index is 942. The highest BCUT2D eigenvalue weighted by Crippen LogP contribution is 2.46. The van der Waals surface area contributed by atoms with Gasteiger partial charge in [0.2, 0.25) is 11.8 Å². The largest absolute Gasteiger partial charge is 0.366 e. The summed E-state index contributed by atoms with van der Waals surface area (Å²) in [7, 11) is 4.08. The summed E-state index contributed by atoms with van der Waals surface area (Å²) in [5.41, 5.74) is 9.34. The van der Waals surface area contributed by atoms with Crippen molar-refractivity contribution in [1.82, 2.24) is 9.80 Å². The molecule has 2 amide bonds. The van der Waals surface area contributed by atoms with Gasteiger partial charge in [-0.1, -0.05) is 43.3 Å². The van der Waals surface area contributed by atoms with E-state index >= 15 is 0 Å². The lowest BCUT2D eigenvalue weighted by molar-refractivity contribution is -0.136. The van der Waals surface area contributed by atoms with Crippen LogP contribution in [-0.4, -0.2) is 54.3 Å². The van der Waals surface area contributed by atoms with Gasteiger partial charge in [-0.3, -0.25) is 9.59 Å². The number of primary amides is 1. The highest BCUT2D eigenvalue weighted by Gasteiger charge is 2.52. The molecule has 5 heteroatoms. The molecular weight excluding hydrogens is 362 g/mol. The van der Waals surface area contributed by atoms with E-state index in [0.717, 1.165) is 24.9 Å². The van der Waals surface area contributed by atoms with Gasteiger partial charge in [0.15, 0.2) is 0 Å². The molecule has 29 heavy (non-hydrogen) atoms. The van der Waals surface area contributed by atoms with Gasteiger partial charge in [0.1, 0.15) is 0 Å². The number of benzene rings is 2. The summed E-state index contributed by atoms with van der Waals surface area (Å²) in [4.78, 5) is 29.3. The second kappa shape index (κ2) is 7.30. The van der Waals surface area contributed by atoms with Crippen LogP contribution in [0.4, 0.5) is 0 Å². The Hall–Kier alpha value is -2.66. The predicted octanol–water partition coefficient (Wildman–Crippen LogP) is 2.37. The molecule has 0 spiro atoms. The Morgan fingerprint density at radius 3 is 2.62 bits per heavy atom. The lowest BCUT2D eigenvalue weighted by Crippen LogP contribution is -2.67. The number of rotatable bonds is 4. The Balaban J connectivity index is 1.71. The molecule has 2 aliphatic rings. The molecule has 152 valence electrons. The van der Waals surface area contributed by atoms with E-state index in [2.05, 4.69) is 18.9 Å². The minimum atomic E-state index is -0.406. The van der Waals surface area contributed by atoms with Crippen molar-refractivity contribution < 1.29 is 9.59 Å². The number of carbonyl (C=O) groups is 2. The first-order valence-electron chi connectivity index (χ1n) is 10.2. The molecule has 5 nitrogen and oxygen atoms in total. The van der Waals surface area contributed by atoms with E-state index < -0.39 is 5.91 Å². The third kappa shape index (κ3) is 3.33. The molecule has 0 radical (unpaired) electrons. The van der Waals surface area contributed by atoms with Crippen LogP contribution in [0, 0.1) is 0 Å². The zero-order valence-corrected chi connectivity index (χ0v) is 17.4. The van der Waals surface area contributed by atoms with Crippen molar-refractivity contribution in [2.24, 2.45) is 5.73 Å². The second-order valence-electron chi connectivity index (χ2n) is 8.77. The van der Waals surface area contributed by atoms with Gasteiger partial charge in [-0.25, -0.2) is 0 Å². The molecule has 2 bridgehead atoms. The van der Waals surface area contributed by atoms with Crippen LogP contribution < -0.4 is 5.73 Å². The minimum Gasteiger partial charge on any atom is -0.366 e. The number of carbonyl (C=O) groups excluding carboxylic acids is 2. The Morgan fingerprint density at radius 1 is 1.21 bits per heavy atom. The van der Waals surface area contributed by atoms with Gasteiger partial charge in [-0.05, 0) is 55.3 Å². The first kappa shape index (κ1) is 19.6. The fourth-order valence-corrected chi connectivity index (χ4v) is 5.35. The average Bonchev–Trinajstić information content (AvgIpc) is 2.71. The van der Waals surface area contributed by atoms with Crippen LogP contribution in [0.3, 0.4) is 0 Å². The number of piperidine rings is 1. The topological polar surface area (TPSA) is 66.6 Å². The zero-order valence-electron chi connectivity index (χ0n) is 17.4. The summed E-state index contributed by atoms with van der Waals surface area (Å²) < 4.78 is 0. The summed E-state index contributed by atoms with van der Waals surface area (Å²) in [6.07, 6.45) is 2.20. The molecule has 0 aromatic heterocycles. The van der Waals surface area contributed by atoms with Crippen molar-refractivity contribution in [3.05, 3.63) is 70.8 Å². The fraction of sp³-hybridized carbons (Fsp3) is 0.417. The van der Waals surface area contributed by atoms with Gasteiger partial charge in [0.05, 0.1) is 12.5 Å².